The zero-order valence-electron chi connectivity index (χ0n) is 10.7. The minimum absolute atomic E-state index is 0.244. The van der Waals surface area contributed by atoms with E-state index in [9.17, 15) is 4.39 Å². The molecule has 1 aromatic carbocycles. The standard InChI is InChI=1S/C13H11FN4S2/c1-19-13-16-15-12(20-13)8-18-7-6-11(17-18)9-2-4-10(14)5-3-9/h2-7H,8H2,1H3. The van der Waals surface area contributed by atoms with Gasteiger partial charge in [-0.15, -0.1) is 10.2 Å². The molecule has 7 heteroatoms. The molecule has 2 aromatic heterocycles. The van der Waals surface area contributed by atoms with Crippen LogP contribution < -0.4 is 0 Å². The van der Waals surface area contributed by atoms with E-state index in [0.717, 1.165) is 20.6 Å². The quantitative estimate of drug-likeness (QED) is 0.694. The second kappa shape index (κ2) is 5.72. The third kappa shape index (κ3) is 2.88. The van der Waals surface area contributed by atoms with Crippen molar-refractivity contribution in [1.82, 2.24) is 20.0 Å². The summed E-state index contributed by atoms with van der Waals surface area (Å²) in [5.41, 5.74) is 1.71. The number of aromatic nitrogens is 4. The Balaban J connectivity index is 1.78. The number of halogens is 1. The zero-order valence-corrected chi connectivity index (χ0v) is 12.3. The van der Waals surface area contributed by atoms with E-state index in [1.807, 2.05) is 23.2 Å². The van der Waals surface area contributed by atoms with E-state index >= 15 is 0 Å². The minimum atomic E-state index is -0.244. The normalized spacial score (nSPS) is 10.9. The Hall–Kier alpha value is -1.73. The van der Waals surface area contributed by atoms with Crippen LogP contribution in [0.4, 0.5) is 4.39 Å². The molecule has 0 unspecified atom stereocenters. The number of benzene rings is 1. The Kier molecular flexibility index (Phi) is 3.79. The molecule has 0 spiro atoms. The van der Waals surface area contributed by atoms with Crippen LogP contribution in [0.2, 0.25) is 0 Å². The van der Waals surface area contributed by atoms with Gasteiger partial charge < -0.3 is 0 Å². The first kappa shape index (κ1) is 13.3. The van der Waals surface area contributed by atoms with Crippen molar-refractivity contribution >= 4 is 23.1 Å². The molecule has 0 radical (unpaired) electrons. The fraction of sp³-hybridized carbons (Fsp3) is 0.154. The Bertz CT molecular complexity index is 705. The van der Waals surface area contributed by atoms with E-state index in [1.165, 1.54) is 12.1 Å². The number of nitrogens with zero attached hydrogens (tertiary/aromatic N) is 4. The summed E-state index contributed by atoms with van der Waals surface area (Å²) < 4.78 is 15.6. The maximum Gasteiger partial charge on any atom is 0.174 e. The highest BCUT2D eigenvalue weighted by Crippen LogP contribution is 2.21. The van der Waals surface area contributed by atoms with Gasteiger partial charge in [0.1, 0.15) is 10.8 Å². The van der Waals surface area contributed by atoms with Gasteiger partial charge in [-0.25, -0.2) is 4.39 Å². The molecule has 0 fully saturated rings. The van der Waals surface area contributed by atoms with E-state index < -0.39 is 0 Å². The highest BCUT2D eigenvalue weighted by molar-refractivity contribution is 8.00. The molecular weight excluding hydrogens is 295 g/mol. The lowest BCUT2D eigenvalue weighted by molar-refractivity contribution is 0.628. The van der Waals surface area contributed by atoms with Crippen molar-refractivity contribution in [1.29, 1.82) is 0 Å². The van der Waals surface area contributed by atoms with Crippen LogP contribution in [-0.2, 0) is 6.54 Å². The van der Waals surface area contributed by atoms with Crippen molar-refractivity contribution in [2.45, 2.75) is 10.9 Å². The van der Waals surface area contributed by atoms with E-state index in [0.29, 0.717) is 6.54 Å². The van der Waals surface area contributed by atoms with Crippen molar-refractivity contribution in [3.8, 4) is 11.3 Å². The van der Waals surface area contributed by atoms with Crippen molar-refractivity contribution in [3.05, 3.63) is 47.4 Å². The molecule has 0 aliphatic carbocycles. The van der Waals surface area contributed by atoms with Crippen LogP contribution in [0.3, 0.4) is 0 Å². The maximum absolute atomic E-state index is 12.9. The van der Waals surface area contributed by atoms with Gasteiger partial charge in [-0.3, -0.25) is 4.68 Å². The summed E-state index contributed by atoms with van der Waals surface area (Å²) in [6.07, 6.45) is 3.86. The van der Waals surface area contributed by atoms with Gasteiger partial charge in [-0.1, -0.05) is 23.1 Å². The summed E-state index contributed by atoms with van der Waals surface area (Å²) in [7, 11) is 0. The van der Waals surface area contributed by atoms with E-state index in [4.69, 9.17) is 0 Å². The van der Waals surface area contributed by atoms with Crippen LogP contribution in [0.15, 0.2) is 40.9 Å². The van der Waals surface area contributed by atoms with Gasteiger partial charge in [0.25, 0.3) is 0 Å². The molecule has 102 valence electrons. The molecule has 0 amide bonds. The second-order valence-electron chi connectivity index (χ2n) is 4.07. The number of hydrogen-bond donors (Lipinski definition) is 0. The second-order valence-corrected chi connectivity index (χ2v) is 6.19. The van der Waals surface area contributed by atoms with Crippen molar-refractivity contribution in [2.24, 2.45) is 0 Å². The lowest BCUT2D eigenvalue weighted by Gasteiger charge is -1.98. The first-order valence-electron chi connectivity index (χ1n) is 5.90. The molecule has 0 N–H and O–H groups in total. The molecule has 20 heavy (non-hydrogen) atoms. The summed E-state index contributed by atoms with van der Waals surface area (Å²) in [6.45, 7) is 0.597. The van der Waals surface area contributed by atoms with Crippen LogP contribution in [0, 0.1) is 5.82 Å². The smallest absolute Gasteiger partial charge is 0.174 e. The predicted molar refractivity (Wildman–Crippen MR) is 78.4 cm³/mol. The van der Waals surface area contributed by atoms with Crippen LogP contribution in [0.1, 0.15) is 5.01 Å². The molecule has 0 saturated heterocycles. The molecular formula is C13H11FN4S2. The number of rotatable bonds is 4. The highest BCUT2D eigenvalue weighted by Gasteiger charge is 2.06. The number of thioether (sulfide) groups is 1. The fourth-order valence-corrected chi connectivity index (χ4v) is 3.05. The Morgan fingerprint density at radius 1 is 1.20 bits per heavy atom. The van der Waals surface area contributed by atoms with Gasteiger partial charge >= 0.3 is 0 Å². The predicted octanol–water partition coefficient (Wildman–Crippen LogP) is 3.31. The molecule has 0 saturated carbocycles. The molecule has 0 bridgehead atoms. The fourth-order valence-electron chi connectivity index (χ4n) is 1.75. The Labute approximate surface area is 123 Å². The lowest BCUT2D eigenvalue weighted by Crippen LogP contribution is -2.00. The monoisotopic (exact) mass is 306 g/mol. The molecule has 3 rings (SSSR count). The van der Waals surface area contributed by atoms with Gasteiger partial charge in [0, 0.05) is 11.8 Å². The third-order valence-electron chi connectivity index (χ3n) is 2.70. The minimum Gasteiger partial charge on any atom is -0.265 e. The SMILES string of the molecule is CSc1nnc(Cn2ccc(-c3ccc(F)cc3)n2)s1. The summed E-state index contributed by atoms with van der Waals surface area (Å²) in [4.78, 5) is 0. The molecule has 0 aliphatic heterocycles. The van der Waals surface area contributed by atoms with E-state index in [2.05, 4.69) is 15.3 Å². The van der Waals surface area contributed by atoms with Gasteiger partial charge in [-0.05, 0) is 36.6 Å². The number of hydrogen-bond acceptors (Lipinski definition) is 5. The van der Waals surface area contributed by atoms with Crippen molar-refractivity contribution in [3.63, 3.8) is 0 Å². The van der Waals surface area contributed by atoms with Crippen molar-refractivity contribution < 1.29 is 4.39 Å². The average Bonchev–Trinajstić information content (AvgIpc) is 3.09. The van der Waals surface area contributed by atoms with Gasteiger partial charge in [0.2, 0.25) is 0 Å². The summed E-state index contributed by atoms with van der Waals surface area (Å²) in [5.74, 6) is -0.244. The van der Waals surface area contributed by atoms with Gasteiger partial charge in [0.05, 0.1) is 12.2 Å². The average molecular weight is 306 g/mol. The molecule has 4 nitrogen and oxygen atoms in total. The largest absolute Gasteiger partial charge is 0.265 e. The Morgan fingerprint density at radius 3 is 2.70 bits per heavy atom. The van der Waals surface area contributed by atoms with Gasteiger partial charge in [0.15, 0.2) is 4.34 Å². The van der Waals surface area contributed by atoms with Crippen LogP contribution >= 0.6 is 23.1 Å². The zero-order chi connectivity index (χ0) is 13.9. The van der Waals surface area contributed by atoms with Crippen LogP contribution in [0.25, 0.3) is 11.3 Å². The maximum atomic E-state index is 12.9. The van der Waals surface area contributed by atoms with Gasteiger partial charge in [-0.2, -0.15) is 5.10 Å². The van der Waals surface area contributed by atoms with E-state index in [-0.39, 0.29) is 5.82 Å². The van der Waals surface area contributed by atoms with Crippen LogP contribution in [0.5, 0.6) is 0 Å². The summed E-state index contributed by atoms with van der Waals surface area (Å²) in [6, 6.07) is 8.22. The van der Waals surface area contributed by atoms with Crippen molar-refractivity contribution in [2.75, 3.05) is 6.26 Å². The lowest BCUT2D eigenvalue weighted by atomic mass is 10.1. The van der Waals surface area contributed by atoms with Crippen LogP contribution in [-0.4, -0.2) is 26.2 Å². The third-order valence-corrected chi connectivity index (χ3v) is 4.58. The molecule has 0 atom stereocenters. The first-order valence-corrected chi connectivity index (χ1v) is 7.94. The van der Waals surface area contributed by atoms with E-state index in [1.54, 1.807) is 35.2 Å². The first-order chi connectivity index (χ1) is 9.74. The summed E-state index contributed by atoms with van der Waals surface area (Å²) >= 11 is 3.15. The highest BCUT2D eigenvalue weighted by atomic mass is 32.2. The Morgan fingerprint density at radius 2 is 2.00 bits per heavy atom. The topological polar surface area (TPSA) is 43.6 Å². The molecule has 3 aromatic rings. The summed E-state index contributed by atoms with van der Waals surface area (Å²) in [5, 5.41) is 13.6. The molecule has 2 heterocycles. The molecule has 0 aliphatic rings.